The van der Waals surface area contributed by atoms with E-state index in [-0.39, 0.29) is 133 Å². The van der Waals surface area contributed by atoms with Crippen molar-refractivity contribution < 1.29 is 105 Å². The zero-order chi connectivity index (χ0) is 65.7. The highest BCUT2D eigenvalue weighted by molar-refractivity contribution is 5.76. The van der Waals surface area contributed by atoms with Crippen molar-refractivity contribution in [2.24, 2.45) is 5.41 Å². The average molecular weight is 1270 g/mol. The van der Waals surface area contributed by atoms with Gasteiger partial charge in [-0.05, 0) is 194 Å². The second-order valence-electron chi connectivity index (χ2n) is 23.2. The summed E-state index contributed by atoms with van der Waals surface area (Å²) >= 11 is 0. The van der Waals surface area contributed by atoms with Gasteiger partial charge in [-0.1, -0.05) is 26.7 Å². The van der Waals surface area contributed by atoms with Crippen molar-refractivity contribution in [2.75, 3.05) is 79.3 Å². The Morgan fingerprint density at radius 1 is 0.270 bits per heavy atom. The van der Waals surface area contributed by atoms with Crippen LogP contribution in [0.1, 0.15) is 278 Å². The van der Waals surface area contributed by atoms with Crippen molar-refractivity contribution in [3.63, 3.8) is 0 Å². The van der Waals surface area contributed by atoms with E-state index in [1.165, 1.54) is 0 Å². The SMILES string of the molecule is CCCCOCCCCCC(=O)OCCCCCC(=O)OCCCCCC(=O)OCCCCCC(=O)OCCCCCC(=O)OCCCCCC(=O)OCCCCCC(=O)OCCCCCC(=O)OCCCCCC(=O)OCC(O)COC(=O)C(C)(C)CC. The van der Waals surface area contributed by atoms with E-state index in [0.717, 1.165) is 71.0 Å². The van der Waals surface area contributed by atoms with Crippen LogP contribution < -0.4 is 0 Å². The molecule has 0 aliphatic rings. The van der Waals surface area contributed by atoms with Crippen molar-refractivity contribution in [3.8, 4) is 0 Å². The van der Waals surface area contributed by atoms with E-state index in [2.05, 4.69) is 6.92 Å². The number of carbonyl (C=O) groups is 10. The maximum absolute atomic E-state index is 12.1. The first-order valence-electron chi connectivity index (χ1n) is 33.8. The Hall–Kier alpha value is -5.38. The van der Waals surface area contributed by atoms with Gasteiger partial charge in [0, 0.05) is 71.0 Å². The van der Waals surface area contributed by atoms with Crippen LogP contribution in [0.15, 0.2) is 0 Å². The molecule has 1 atom stereocenters. The number of ether oxygens (including phenoxy) is 11. The lowest BCUT2D eigenvalue weighted by Crippen LogP contribution is -2.31. The minimum atomic E-state index is -1.10. The number of esters is 10. The van der Waals surface area contributed by atoms with E-state index in [0.29, 0.717) is 174 Å². The molecule has 1 unspecified atom stereocenters. The Morgan fingerprint density at radius 2 is 0.472 bits per heavy atom. The highest BCUT2D eigenvalue weighted by Gasteiger charge is 2.28. The molecule has 0 rings (SSSR count). The normalized spacial score (nSPS) is 11.5. The number of carbonyl (C=O) groups excluding carboxylic acids is 10. The zero-order valence-corrected chi connectivity index (χ0v) is 55.2. The second kappa shape index (κ2) is 60.2. The van der Waals surface area contributed by atoms with Gasteiger partial charge in [0.25, 0.3) is 0 Å². The van der Waals surface area contributed by atoms with Crippen LogP contribution in [0.25, 0.3) is 0 Å². The van der Waals surface area contributed by atoms with Crippen LogP contribution in [0.2, 0.25) is 0 Å². The molecule has 0 saturated heterocycles. The van der Waals surface area contributed by atoms with Crippen LogP contribution in [-0.4, -0.2) is 150 Å². The third-order valence-corrected chi connectivity index (χ3v) is 14.4. The van der Waals surface area contributed by atoms with Crippen molar-refractivity contribution in [1.82, 2.24) is 0 Å². The van der Waals surface area contributed by atoms with Gasteiger partial charge >= 0.3 is 59.7 Å². The minimum absolute atomic E-state index is 0.159. The molecular weight excluding hydrogens is 1160 g/mol. The molecule has 0 aromatic carbocycles. The molecule has 0 aliphatic heterocycles. The van der Waals surface area contributed by atoms with E-state index in [9.17, 15) is 53.1 Å². The molecule has 0 aromatic heterocycles. The van der Waals surface area contributed by atoms with Gasteiger partial charge in [-0.2, -0.15) is 0 Å². The number of unbranched alkanes of at least 4 members (excludes halogenated alkanes) is 19. The number of aliphatic hydroxyl groups excluding tert-OH is 1. The van der Waals surface area contributed by atoms with Crippen LogP contribution in [-0.2, 0) is 100 Å². The summed E-state index contributed by atoms with van der Waals surface area (Å²) in [6.45, 7) is 10.9. The zero-order valence-electron chi connectivity index (χ0n) is 55.2. The van der Waals surface area contributed by atoms with Gasteiger partial charge in [0.15, 0.2) is 0 Å². The number of aliphatic hydroxyl groups is 1. The van der Waals surface area contributed by atoms with Crippen molar-refractivity contribution in [1.29, 1.82) is 0 Å². The molecule has 0 aromatic rings. The molecule has 516 valence electrons. The molecule has 0 fully saturated rings. The van der Waals surface area contributed by atoms with E-state index < -0.39 is 23.5 Å². The van der Waals surface area contributed by atoms with Gasteiger partial charge in [-0.3, -0.25) is 47.9 Å². The standard InChI is InChI=1S/C67H116O22/c1-5-7-44-79-45-26-8-17-35-57(69)80-46-27-9-18-36-58(70)81-47-28-10-19-37-59(71)82-48-29-11-20-38-60(72)83-49-30-12-21-39-61(73)84-50-31-13-22-40-62(74)85-51-32-14-23-41-63(75)86-52-33-15-24-42-64(76)87-53-34-16-25-43-65(77)88-54-56(68)55-89-66(78)67(3,4)6-2/h56,68H,5-55H2,1-4H3. The lowest BCUT2D eigenvalue weighted by molar-refractivity contribution is -0.160. The largest absolute Gasteiger partial charge is 0.466 e. The predicted molar refractivity (Wildman–Crippen MR) is 332 cm³/mol. The predicted octanol–water partition coefficient (Wildman–Crippen LogP) is 12.1. The maximum Gasteiger partial charge on any atom is 0.311 e. The Bertz CT molecular complexity index is 1870. The lowest BCUT2D eigenvalue weighted by Gasteiger charge is -2.21. The van der Waals surface area contributed by atoms with Gasteiger partial charge in [0.1, 0.15) is 19.3 Å². The smallest absolute Gasteiger partial charge is 0.311 e. The van der Waals surface area contributed by atoms with E-state index in [4.69, 9.17) is 52.1 Å². The summed E-state index contributed by atoms with van der Waals surface area (Å²) in [6, 6.07) is 0. The summed E-state index contributed by atoms with van der Waals surface area (Å²) < 4.78 is 58.0. The van der Waals surface area contributed by atoms with Crippen molar-refractivity contribution in [3.05, 3.63) is 0 Å². The minimum Gasteiger partial charge on any atom is -0.466 e. The van der Waals surface area contributed by atoms with E-state index in [1.54, 1.807) is 13.8 Å². The molecule has 0 spiro atoms. The van der Waals surface area contributed by atoms with Gasteiger partial charge in [-0.25, -0.2) is 0 Å². The average Bonchev–Trinajstić information content (AvgIpc) is 3.56. The summed E-state index contributed by atoms with van der Waals surface area (Å²) in [5, 5.41) is 9.93. The molecule has 0 bridgehead atoms. The van der Waals surface area contributed by atoms with Crippen LogP contribution in [0.4, 0.5) is 0 Å². The monoisotopic (exact) mass is 1270 g/mol. The third kappa shape index (κ3) is 58.7. The molecule has 0 aliphatic carbocycles. The molecule has 0 saturated carbocycles. The van der Waals surface area contributed by atoms with Gasteiger partial charge in [-0.15, -0.1) is 0 Å². The number of rotatable bonds is 63. The Morgan fingerprint density at radius 3 is 0.697 bits per heavy atom. The summed E-state index contributed by atoms with van der Waals surface area (Å²) in [4.78, 5) is 120. The quantitative estimate of drug-likeness (QED) is 0.0336. The molecular formula is C67H116O22. The first-order chi connectivity index (χ1) is 43.0. The highest BCUT2D eigenvalue weighted by atomic mass is 16.6. The lowest BCUT2D eigenvalue weighted by atomic mass is 9.91. The molecule has 22 nitrogen and oxygen atoms in total. The molecule has 1 N–H and O–H groups in total. The van der Waals surface area contributed by atoms with Crippen LogP contribution in [0.5, 0.6) is 0 Å². The fourth-order valence-electron chi connectivity index (χ4n) is 8.27. The van der Waals surface area contributed by atoms with Gasteiger partial charge in [0.05, 0.1) is 58.3 Å². The van der Waals surface area contributed by atoms with Gasteiger partial charge in [0.2, 0.25) is 0 Å². The molecule has 89 heavy (non-hydrogen) atoms. The van der Waals surface area contributed by atoms with E-state index in [1.807, 2.05) is 6.92 Å². The summed E-state index contributed by atoms with van der Waals surface area (Å²) in [5.41, 5.74) is -0.648. The molecule has 0 heterocycles. The van der Waals surface area contributed by atoms with E-state index >= 15 is 0 Å². The van der Waals surface area contributed by atoms with Crippen LogP contribution in [0.3, 0.4) is 0 Å². The first kappa shape index (κ1) is 83.6. The summed E-state index contributed by atoms with van der Waals surface area (Å²) in [5.74, 6) is -3.01. The topological polar surface area (TPSA) is 292 Å². The summed E-state index contributed by atoms with van der Waals surface area (Å²) in [6.07, 6.45) is 22.9. The van der Waals surface area contributed by atoms with Crippen molar-refractivity contribution >= 4 is 59.7 Å². The fourth-order valence-corrected chi connectivity index (χ4v) is 8.27. The Balaban J connectivity index is 3.54. The fraction of sp³-hybridized carbons (Fsp3) is 0.851. The summed E-state index contributed by atoms with van der Waals surface area (Å²) in [7, 11) is 0. The van der Waals surface area contributed by atoms with Crippen LogP contribution >= 0.6 is 0 Å². The second-order valence-corrected chi connectivity index (χ2v) is 23.2. The number of hydrogen-bond donors (Lipinski definition) is 1. The molecule has 0 radical (unpaired) electrons. The van der Waals surface area contributed by atoms with Gasteiger partial charge < -0.3 is 57.2 Å². The third-order valence-electron chi connectivity index (χ3n) is 14.4. The number of hydrogen-bond acceptors (Lipinski definition) is 22. The molecule has 0 amide bonds. The molecule has 22 heteroatoms. The van der Waals surface area contributed by atoms with Crippen LogP contribution in [0, 0.1) is 5.41 Å². The Labute approximate surface area is 531 Å². The highest BCUT2D eigenvalue weighted by Crippen LogP contribution is 2.21. The Kier molecular flexibility index (Phi) is 56.6. The van der Waals surface area contributed by atoms with Crippen molar-refractivity contribution in [2.45, 2.75) is 284 Å². The maximum atomic E-state index is 12.1. The first-order valence-corrected chi connectivity index (χ1v) is 33.8.